The SMILES string of the molecule is Cc1ccc2c(c1)CC(C)C2.Cc1ccc2c(c1)CC(C)O2.Cc1ccc2c(c1)CC(C)S2.Cc1ccc2c(c1)OC(C)C2.Cc1ccc2c(c1)SC(C)C2.Cc1ccc2c(n1)CC(C)O2.Cc1ccc2c(n1)CC(C)S2.Cc1cnc2c(c1)OC(C)C2.Cc1cnc2c(c1)SC(C)C2. The highest BCUT2D eigenvalue weighted by Crippen LogP contribution is 2.40. The molecule has 8 nitrogen and oxygen atoms in total. The second kappa shape index (κ2) is 34.8. The van der Waals surface area contributed by atoms with E-state index < -0.39 is 0 Å². The van der Waals surface area contributed by atoms with E-state index in [1.807, 2.05) is 98.4 Å². The van der Waals surface area contributed by atoms with Crippen LogP contribution in [0.4, 0.5) is 0 Å². The Bertz CT molecular complexity index is 3380. The molecule has 18 rings (SSSR count). The fraction of sp³-hybridized carbons (Fsp3) is 0.425. The van der Waals surface area contributed by atoms with Crippen LogP contribution in [0.25, 0.3) is 0 Å². The quantitative estimate of drug-likeness (QED) is 0.145. The summed E-state index contributed by atoms with van der Waals surface area (Å²) in [5.74, 6) is 4.95. The topological polar surface area (TPSA) is 88.5 Å². The second-order valence-corrected chi connectivity index (χ2v) is 34.9. The third kappa shape index (κ3) is 21.9. The molecule has 0 bridgehead atoms. The van der Waals surface area contributed by atoms with Crippen molar-refractivity contribution in [3.63, 3.8) is 0 Å². The number of benzene rings is 5. The van der Waals surface area contributed by atoms with Gasteiger partial charge in [0.05, 0.1) is 22.8 Å². The lowest BCUT2D eigenvalue weighted by Gasteiger charge is -2.02. The van der Waals surface area contributed by atoms with Crippen LogP contribution in [0, 0.1) is 68.2 Å². The molecule has 5 aromatic carbocycles. The van der Waals surface area contributed by atoms with Gasteiger partial charge in [0.25, 0.3) is 0 Å². The molecule has 0 amide bonds. The first-order chi connectivity index (χ1) is 47.3. The zero-order valence-electron chi connectivity index (χ0n) is 62.1. The number of fused-ring (bicyclic) bond motifs is 9. The standard InChI is InChI=1S/C11H14.2C10H12O.2C10H12S.2C9H11NO.2C9H11NS/c1-8-3-4-10-6-9(2)7-11(10)5-8;1-7-3-4-10-9(5-7)6-8(2)11-10;1-7-3-4-9-6-8(2)11-10(9)5-7;1-7-3-4-10-9(5-7)6-8(2)11-10;1-7-3-4-9-6-8(2)11-10(9)5-7;1-6-3-9-8(10-5-6)4-7(2)11-9;1-6-3-4-9-8(10-6)5-7(2)11-9;1-6-3-9-8(10-5-6)4-7(2)11-9;1-6-3-4-9-8(10-6)5-7(2)11-9/h3-5,9H,6-7H2,1-2H3;4*3-5,8H,6H2,1-2H3;3,5,7H,4H2,1-2H3;3-4,7H,5H2,1-2H3;3,5,7H,4H2,1-2H3;3-4,7H,5H2,1-2H3. The molecule has 9 atom stereocenters. The number of hydrogen-bond acceptors (Lipinski definition) is 12. The van der Waals surface area contributed by atoms with E-state index in [4.69, 9.17) is 18.9 Å². The van der Waals surface area contributed by atoms with Gasteiger partial charge in [0.15, 0.2) is 0 Å². The molecule has 0 saturated carbocycles. The van der Waals surface area contributed by atoms with Crippen molar-refractivity contribution < 1.29 is 18.9 Å². The molecule has 12 heteroatoms. The normalized spacial score (nSPS) is 21.5. The molecule has 9 aliphatic rings. The number of pyridine rings is 4. The number of hydrogen-bond donors (Lipinski definition) is 0. The fourth-order valence-corrected chi connectivity index (χ4v) is 18.2. The Balaban J connectivity index is 0.000000120. The Kier molecular flexibility index (Phi) is 26.3. The van der Waals surface area contributed by atoms with E-state index in [9.17, 15) is 0 Å². The largest absolute Gasteiger partial charge is 0.490 e. The minimum absolute atomic E-state index is 0.305. The van der Waals surface area contributed by atoms with Gasteiger partial charge in [-0.15, -0.1) is 47.0 Å². The third-order valence-corrected chi connectivity index (χ3v) is 23.0. The fourth-order valence-electron chi connectivity index (χ4n) is 13.6. The molecular formula is C87H106N4O4S4. The Morgan fingerprint density at radius 3 is 1.41 bits per heavy atom. The molecule has 522 valence electrons. The first-order valence-corrected chi connectivity index (χ1v) is 39.5. The van der Waals surface area contributed by atoms with Crippen LogP contribution in [-0.2, 0) is 64.2 Å². The van der Waals surface area contributed by atoms with Crippen molar-refractivity contribution in [3.05, 3.63) is 246 Å². The van der Waals surface area contributed by atoms with Gasteiger partial charge in [0.1, 0.15) is 47.4 Å². The third-order valence-electron chi connectivity index (χ3n) is 18.2. The molecular weight excluding hydrogens is 1290 g/mol. The van der Waals surface area contributed by atoms with Gasteiger partial charge in [-0.3, -0.25) is 19.9 Å². The zero-order valence-corrected chi connectivity index (χ0v) is 65.4. The van der Waals surface area contributed by atoms with Gasteiger partial charge >= 0.3 is 0 Å². The van der Waals surface area contributed by atoms with E-state index >= 15 is 0 Å². The van der Waals surface area contributed by atoms with Gasteiger partial charge in [0.2, 0.25) is 0 Å². The molecule has 0 fully saturated rings. The summed E-state index contributed by atoms with van der Waals surface area (Å²) in [7, 11) is 0. The van der Waals surface area contributed by atoms with Crippen molar-refractivity contribution in [3.8, 4) is 23.0 Å². The smallest absolute Gasteiger partial charge is 0.141 e. The Labute approximate surface area is 610 Å². The van der Waals surface area contributed by atoms with Crippen LogP contribution >= 0.6 is 47.0 Å². The summed E-state index contributed by atoms with van der Waals surface area (Å²) < 4.78 is 22.2. The highest BCUT2D eigenvalue weighted by Gasteiger charge is 2.25. The average Bonchev–Trinajstić information content (AvgIpc) is 2.05. The maximum absolute atomic E-state index is 5.59. The number of aromatic nitrogens is 4. The Hall–Kier alpha value is -6.70. The summed E-state index contributed by atoms with van der Waals surface area (Å²) in [4.78, 5) is 23.3. The van der Waals surface area contributed by atoms with Crippen molar-refractivity contribution in [1.82, 2.24) is 19.9 Å². The Morgan fingerprint density at radius 1 is 0.273 bits per heavy atom. The van der Waals surface area contributed by atoms with Crippen LogP contribution in [0.15, 0.2) is 159 Å². The van der Waals surface area contributed by atoms with Crippen LogP contribution in [0.2, 0.25) is 0 Å². The number of thioether (sulfide) groups is 4. The molecule has 1 aliphatic carbocycles. The second-order valence-electron chi connectivity index (χ2n) is 29.0. The first-order valence-electron chi connectivity index (χ1n) is 35.9. The summed E-state index contributed by atoms with van der Waals surface area (Å²) in [5.41, 5.74) is 25.1. The maximum atomic E-state index is 5.59. The van der Waals surface area contributed by atoms with Gasteiger partial charge in [-0.2, -0.15) is 0 Å². The van der Waals surface area contributed by atoms with Gasteiger partial charge in [0, 0.05) is 103 Å². The molecule has 8 aliphatic heterocycles. The average molecular weight is 1400 g/mol. The Morgan fingerprint density at radius 2 is 0.697 bits per heavy atom. The molecule has 9 unspecified atom stereocenters. The monoisotopic (exact) mass is 1400 g/mol. The summed E-state index contributed by atoms with van der Waals surface area (Å²) in [6, 6.07) is 45.7. The molecule has 0 saturated heterocycles. The minimum Gasteiger partial charge on any atom is -0.490 e. The molecule has 99 heavy (non-hydrogen) atoms. The van der Waals surface area contributed by atoms with Gasteiger partial charge in [-0.25, -0.2) is 0 Å². The predicted octanol–water partition coefficient (Wildman–Crippen LogP) is 21.7. The first kappa shape index (κ1) is 75.0. The van der Waals surface area contributed by atoms with Crippen molar-refractivity contribution >= 4 is 47.0 Å². The van der Waals surface area contributed by atoms with E-state index in [0.717, 1.165) is 117 Å². The van der Waals surface area contributed by atoms with E-state index in [1.54, 1.807) is 16.7 Å². The summed E-state index contributed by atoms with van der Waals surface area (Å²) in [5, 5.41) is 3.01. The molecule has 4 aromatic heterocycles. The van der Waals surface area contributed by atoms with Gasteiger partial charge < -0.3 is 18.9 Å². The number of aryl methyl sites for hydroxylation is 9. The van der Waals surface area contributed by atoms with E-state index in [2.05, 4.69) is 233 Å². The van der Waals surface area contributed by atoms with Gasteiger partial charge in [-0.05, 0) is 232 Å². The molecule has 0 spiro atoms. The van der Waals surface area contributed by atoms with Crippen LogP contribution in [0.3, 0.4) is 0 Å². The highest BCUT2D eigenvalue weighted by molar-refractivity contribution is 8.01. The lowest BCUT2D eigenvalue weighted by atomic mass is 10.1. The lowest BCUT2D eigenvalue weighted by molar-refractivity contribution is 0.254. The van der Waals surface area contributed by atoms with Crippen LogP contribution < -0.4 is 18.9 Å². The predicted molar refractivity (Wildman–Crippen MR) is 420 cm³/mol. The molecule has 0 N–H and O–H groups in total. The van der Waals surface area contributed by atoms with Crippen molar-refractivity contribution in [2.75, 3.05) is 0 Å². The molecule has 12 heterocycles. The molecule has 0 radical (unpaired) electrons. The van der Waals surface area contributed by atoms with E-state index in [0.29, 0.717) is 24.4 Å². The number of rotatable bonds is 0. The number of nitrogens with zero attached hydrogens (tertiary/aromatic N) is 4. The molecule has 9 aromatic rings. The van der Waals surface area contributed by atoms with Crippen LogP contribution in [-0.4, -0.2) is 65.4 Å². The summed E-state index contributed by atoms with van der Waals surface area (Å²) in [6.45, 7) is 38.6. The zero-order chi connectivity index (χ0) is 70.6. The van der Waals surface area contributed by atoms with Crippen molar-refractivity contribution in [2.24, 2.45) is 5.92 Å². The van der Waals surface area contributed by atoms with Gasteiger partial charge in [-0.1, -0.05) is 124 Å². The maximum Gasteiger partial charge on any atom is 0.141 e. The van der Waals surface area contributed by atoms with E-state index in [1.165, 1.54) is 107 Å². The van der Waals surface area contributed by atoms with Crippen molar-refractivity contribution in [2.45, 2.75) is 254 Å². The van der Waals surface area contributed by atoms with Crippen molar-refractivity contribution in [1.29, 1.82) is 0 Å². The number of ether oxygens (including phenoxy) is 4. The van der Waals surface area contributed by atoms with Crippen LogP contribution in [0.1, 0.15) is 169 Å². The summed E-state index contributed by atoms with van der Waals surface area (Å²) >= 11 is 7.88. The summed E-state index contributed by atoms with van der Waals surface area (Å²) in [6.07, 6.45) is 16.6. The minimum atomic E-state index is 0.305. The van der Waals surface area contributed by atoms with E-state index in [-0.39, 0.29) is 0 Å². The lowest BCUT2D eigenvalue weighted by Crippen LogP contribution is -2.05. The highest BCUT2D eigenvalue weighted by atomic mass is 32.2. The van der Waals surface area contributed by atoms with Crippen LogP contribution in [0.5, 0.6) is 23.0 Å².